The van der Waals surface area contributed by atoms with Gasteiger partial charge in [-0.3, -0.25) is 4.79 Å². The van der Waals surface area contributed by atoms with Gasteiger partial charge in [0, 0.05) is 19.6 Å². The second kappa shape index (κ2) is 6.91. The van der Waals surface area contributed by atoms with Crippen LogP contribution in [-0.4, -0.2) is 38.3 Å². The maximum atomic E-state index is 12.4. The van der Waals surface area contributed by atoms with Gasteiger partial charge >= 0.3 is 6.18 Å². The van der Waals surface area contributed by atoms with Gasteiger partial charge in [0.2, 0.25) is 5.91 Å². The van der Waals surface area contributed by atoms with Crippen LogP contribution in [0.2, 0.25) is 0 Å². The smallest absolute Gasteiger partial charge is 0.374 e. The molecular formula is C14H17F3N2O2. The van der Waals surface area contributed by atoms with Crippen LogP contribution in [0.4, 0.5) is 13.2 Å². The number of hydrogen-bond donors (Lipinski definition) is 2. The summed E-state index contributed by atoms with van der Waals surface area (Å²) in [7, 11) is 0. The molecule has 1 atom stereocenters. The van der Waals surface area contributed by atoms with Crippen LogP contribution in [0.5, 0.6) is 0 Å². The molecule has 7 heteroatoms. The molecule has 2 N–H and O–H groups in total. The Labute approximate surface area is 120 Å². The van der Waals surface area contributed by atoms with Gasteiger partial charge in [-0.15, -0.1) is 0 Å². The highest BCUT2D eigenvalue weighted by Crippen LogP contribution is 2.29. The number of halogens is 3. The number of benzene rings is 1. The second-order valence-electron chi connectivity index (χ2n) is 4.87. The van der Waals surface area contributed by atoms with Crippen LogP contribution in [0.1, 0.15) is 11.1 Å². The van der Waals surface area contributed by atoms with Crippen LogP contribution in [0.3, 0.4) is 0 Å². The van der Waals surface area contributed by atoms with Gasteiger partial charge in [-0.05, 0) is 17.7 Å². The molecule has 1 aromatic carbocycles. The van der Waals surface area contributed by atoms with Crippen LogP contribution in [0.25, 0.3) is 0 Å². The molecule has 1 amide bonds. The molecule has 1 fully saturated rings. The quantitative estimate of drug-likeness (QED) is 0.883. The molecule has 0 aromatic heterocycles. The van der Waals surface area contributed by atoms with E-state index >= 15 is 0 Å². The van der Waals surface area contributed by atoms with Crippen molar-refractivity contribution in [3.05, 3.63) is 35.4 Å². The van der Waals surface area contributed by atoms with Crippen LogP contribution in [-0.2, 0) is 22.1 Å². The number of ether oxygens (including phenoxy) is 1. The number of carbonyl (C=O) groups is 1. The summed E-state index contributed by atoms with van der Waals surface area (Å²) in [6.45, 7) is 2.49. The fourth-order valence-corrected chi connectivity index (χ4v) is 2.04. The lowest BCUT2D eigenvalue weighted by atomic mass is 10.1. The third-order valence-corrected chi connectivity index (χ3v) is 3.18. The summed E-state index contributed by atoms with van der Waals surface area (Å²) in [5.74, 6) is -0.232. The van der Waals surface area contributed by atoms with Crippen molar-refractivity contribution in [2.75, 3.05) is 26.2 Å². The zero-order valence-corrected chi connectivity index (χ0v) is 11.4. The molecule has 1 unspecified atom stereocenters. The van der Waals surface area contributed by atoms with Crippen LogP contribution in [0, 0.1) is 0 Å². The predicted molar refractivity (Wildman–Crippen MR) is 70.8 cm³/mol. The Morgan fingerprint density at radius 2 is 2.05 bits per heavy atom. The van der Waals surface area contributed by atoms with Crippen molar-refractivity contribution in [1.82, 2.24) is 10.6 Å². The molecule has 1 saturated heterocycles. The van der Waals surface area contributed by atoms with Crippen LogP contribution >= 0.6 is 0 Å². The summed E-state index contributed by atoms with van der Waals surface area (Å²) in [4.78, 5) is 11.7. The van der Waals surface area contributed by atoms with Crippen LogP contribution < -0.4 is 10.6 Å². The van der Waals surface area contributed by atoms with Crippen molar-refractivity contribution < 1.29 is 22.7 Å². The van der Waals surface area contributed by atoms with Crippen molar-refractivity contribution >= 4 is 5.91 Å². The van der Waals surface area contributed by atoms with Crippen molar-refractivity contribution in [2.45, 2.75) is 18.7 Å². The van der Waals surface area contributed by atoms with Gasteiger partial charge in [0.25, 0.3) is 0 Å². The molecule has 1 aliphatic heterocycles. The lowest BCUT2D eigenvalue weighted by Crippen LogP contribution is -2.45. The Hall–Kier alpha value is -1.60. The molecule has 0 aliphatic carbocycles. The first-order valence-corrected chi connectivity index (χ1v) is 6.70. The van der Waals surface area contributed by atoms with Crippen molar-refractivity contribution in [1.29, 1.82) is 0 Å². The zero-order chi connectivity index (χ0) is 15.3. The summed E-state index contributed by atoms with van der Waals surface area (Å²) in [5.41, 5.74) is -0.170. The van der Waals surface area contributed by atoms with Crippen molar-refractivity contribution in [3.8, 4) is 0 Å². The Bertz CT molecular complexity index is 468. The highest BCUT2D eigenvalue weighted by atomic mass is 19.4. The molecule has 0 spiro atoms. The molecule has 1 aliphatic rings. The molecule has 0 radical (unpaired) electrons. The normalized spacial score (nSPS) is 19.3. The highest BCUT2D eigenvalue weighted by Gasteiger charge is 2.29. The minimum Gasteiger partial charge on any atom is -0.374 e. The Morgan fingerprint density at radius 1 is 1.33 bits per heavy atom. The molecule has 2 rings (SSSR count). The molecule has 0 bridgehead atoms. The molecule has 116 valence electrons. The first-order chi connectivity index (χ1) is 9.95. The Balaban J connectivity index is 1.79. The van der Waals surface area contributed by atoms with Crippen LogP contribution in [0.15, 0.2) is 24.3 Å². The lowest BCUT2D eigenvalue weighted by Gasteiger charge is -2.23. The third kappa shape index (κ3) is 5.02. The highest BCUT2D eigenvalue weighted by molar-refractivity contribution is 5.78. The standard InChI is InChI=1S/C14H17F3N2O2/c15-14(16,17)11-3-1-10(2-4-11)7-13(20)19-9-12-8-18-5-6-21-12/h1-4,12,18H,5-9H2,(H,19,20). The Kier molecular flexibility index (Phi) is 5.19. The molecular weight excluding hydrogens is 285 g/mol. The lowest BCUT2D eigenvalue weighted by molar-refractivity contribution is -0.137. The predicted octanol–water partition coefficient (Wildman–Crippen LogP) is 1.35. The summed E-state index contributed by atoms with van der Waals surface area (Å²) in [5, 5.41) is 5.87. The largest absolute Gasteiger partial charge is 0.416 e. The number of rotatable bonds is 4. The van der Waals surface area contributed by atoms with Gasteiger partial charge in [-0.1, -0.05) is 12.1 Å². The van der Waals surface area contributed by atoms with Crippen molar-refractivity contribution in [3.63, 3.8) is 0 Å². The first kappa shape index (κ1) is 15.8. The van der Waals surface area contributed by atoms with E-state index in [4.69, 9.17) is 4.74 Å². The van der Waals surface area contributed by atoms with Gasteiger partial charge in [-0.2, -0.15) is 13.2 Å². The number of amides is 1. The van der Waals surface area contributed by atoms with E-state index in [1.807, 2.05) is 0 Å². The van der Waals surface area contributed by atoms with E-state index in [0.29, 0.717) is 25.3 Å². The maximum absolute atomic E-state index is 12.4. The average molecular weight is 302 g/mol. The van der Waals surface area contributed by atoms with E-state index in [1.165, 1.54) is 12.1 Å². The van der Waals surface area contributed by atoms with E-state index in [0.717, 1.165) is 18.7 Å². The first-order valence-electron chi connectivity index (χ1n) is 6.70. The third-order valence-electron chi connectivity index (χ3n) is 3.18. The monoisotopic (exact) mass is 302 g/mol. The van der Waals surface area contributed by atoms with E-state index in [1.54, 1.807) is 0 Å². The summed E-state index contributed by atoms with van der Waals surface area (Å²) < 4.78 is 42.7. The van der Waals surface area contributed by atoms with Crippen molar-refractivity contribution in [2.24, 2.45) is 0 Å². The number of nitrogens with one attached hydrogen (secondary N) is 2. The second-order valence-corrected chi connectivity index (χ2v) is 4.87. The molecule has 1 aromatic rings. The molecule has 1 heterocycles. The van der Waals surface area contributed by atoms with Gasteiger partial charge in [0.05, 0.1) is 24.7 Å². The van der Waals surface area contributed by atoms with Gasteiger partial charge in [-0.25, -0.2) is 0 Å². The average Bonchev–Trinajstić information content (AvgIpc) is 2.46. The minimum atomic E-state index is -4.36. The zero-order valence-electron chi connectivity index (χ0n) is 11.4. The van der Waals surface area contributed by atoms with E-state index in [9.17, 15) is 18.0 Å². The number of hydrogen-bond acceptors (Lipinski definition) is 3. The van der Waals surface area contributed by atoms with Gasteiger partial charge < -0.3 is 15.4 Å². The van der Waals surface area contributed by atoms with E-state index in [2.05, 4.69) is 10.6 Å². The molecule has 0 saturated carbocycles. The maximum Gasteiger partial charge on any atom is 0.416 e. The topological polar surface area (TPSA) is 50.4 Å². The number of alkyl halides is 3. The summed E-state index contributed by atoms with van der Waals surface area (Å²) in [6.07, 6.45) is -4.36. The molecule has 21 heavy (non-hydrogen) atoms. The van der Waals surface area contributed by atoms with E-state index in [-0.39, 0.29) is 18.4 Å². The summed E-state index contributed by atoms with van der Waals surface area (Å²) in [6, 6.07) is 4.61. The number of morpholine rings is 1. The fourth-order valence-electron chi connectivity index (χ4n) is 2.04. The molecule has 4 nitrogen and oxygen atoms in total. The SMILES string of the molecule is O=C(Cc1ccc(C(F)(F)F)cc1)NCC1CNCCO1. The van der Waals surface area contributed by atoms with Gasteiger partial charge in [0.1, 0.15) is 0 Å². The fraction of sp³-hybridized carbons (Fsp3) is 0.500. The minimum absolute atomic E-state index is 0.0539. The Morgan fingerprint density at radius 3 is 2.62 bits per heavy atom. The summed E-state index contributed by atoms with van der Waals surface area (Å²) >= 11 is 0. The van der Waals surface area contributed by atoms with E-state index < -0.39 is 11.7 Å². The van der Waals surface area contributed by atoms with Gasteiger partial charge in [0.15, 0.2) is 0 Å². The number of carbonyl (C=O) groups excluding carboxylic acids is 1.